The van der Waals surface area contributed by atoms with Crippen LogP contribution in [0.3, 0.4) is 0 Å². The molecule has 12 nitrogen and oxygen atoms in total. The summed E-state index contributed by atoms with van der Waals surface area (Å²) in [6, 6.07) is 19.6. The second-order valence-electron chi connectivity index (χ2n) is 12.1. The predicted octanol–water partition coefficient (Wildman–Crippen LogP) is 5.63. The van der Waals surface area contributed by atoms with Crippen LogP contribution in [-0.4, -0.2) is 83.2 Å². The smallest absolute Gasteiger partial charge is 0.249 e. The molecule has 50 heavy (non-hydrogen) atoms. The zero-order valence-corrected chi connectivity index (χ0v) is 29.2. The van der Waals surface area contributed by atoms with Crippen LogP contribution < -0.4 is 30.2 Å². The van der Waals surface area contributed by atoms with Gasteiger partial charge in [-0.25, -0.2) is 0 Å². The van der Waals surface area contributed by atoms with Gasteiger partial charge >= 0.3 is 0 Å². The number of ether oxygens (including phenoxy) is 3. The van der Waals surface area contributed by atoms with E-state index >= 15 is 0 Å². The van der Waals surface area contributed by atoms with Crippen molar-refractivity contribution < 1.29 is 19.0 Å². The highest BCUT2D eigenvalue weighted by Crippen LogP contribution is 2.33. The summed E-state index contributed by atoms with van der Waals surface area (Å²) >= 11 is 6.25. The number of carbonyl (C=O) groups is 1. The van der Waals surface area contributed by atoms with Crippen molar-refractivity contribution in [2.45, 2.75) is 45.6 Å². The molecule has 1 aliphatic rings. The summed E-state index contributed by atoms with van der Waals surface area (Å²) in [5.41, 5.74) is 1.78. The van der Waals surface area contributed by atoms with E-state index in [4.69, 9.17) is 25.8 Å². The Balaban J connectivity index is 0.000000240. The Kier molecular flexibility index (Phi) is 13.2. The average molecular weight is 703 g/mol. The highest BCUT2D eigenvalue weighted by atomic mass is 35.5. The summed E-state index contributed by atoms with van der Waals surface area (Å²) < 4.78 is 17.1. The van der Waals surface area contributed by atoms with E-state index in [9.17, 15) is 14.4 Å². The van der Waals surface area contributed by atoms with Gasteiger partial charge in [-0.3, -0.25) is 14.5 Å². The first-order valence-electron chi connectivity index (χ1n) is 16.9. The lowest BCUT2D eigenvalue weighted by atomic mass is 10.2. The Labute approximate surface area is 295 Å². The molecule has 0 aliphatic carbocycles. The normalized spacial score (nSPS) is 13.2. The standard InChI is InChI=1S/C25H31ClN4O3.C12H12N2O3/c1-18(2)33-22-8-7-20(26)17-21(22)30-14-12-29(13-15-30)11-3-4-16-32-24-10-6-19-5-9-23(31)27-25(19)28-24;15-7-1-2-8-17-11-6-4-9-3-5-10(16)13-12(9)14-11/h5-10,17-18H,3-4,11-16H2,1-2H3,(H,27,28,31);3-7H,1-2,8H2,(H,13,14,16). The number of hydrogen-bond acceptors (Lipinski definition) is 10. The molecule has 5 heterocycles. The van der Waals surface area contributed by atoms with Gasteiger partial charge in [0.1, 0.15) is 23.3 Å². The molecular weight excluding hydrogens is 660 g/mol. The highest BCUT2D eigenvalue weighted by molar-refractivity contribution is 6.31. The van der Waals surface area contributed by atoms with Gasteiger partial charge in [0.05, 0.1) is 25.0 Å². The minimum atomic E-state index is -0.192. The Morgan fingerprint density at radius 3 is 1.94 bits per heavy atom. The number of nitrogens with one attached hydrogen (secondary N) is 2. The molecular formula is C37H43ClN6O6. The van der Waals surface area contributed by atoms with E-state index in [1.165, 1.54) is 12.1 Å². The number of pyridine rings is 4. The summed E-state index contributed by atoms with van der Waals surface area (Å²) in [5.74, 6) is 1.88. The van der Waals surface area contributed by atoms with E-state index in [0.717, 1.165) is 79.1 Å². The van der Waals surface area contributed by atoms with Gasteiger partial charge in [0.2, 0.25) is 22.9 Å². The minimum Gasteiger partial charge on any atom is -0.489 e. The lowest BCUT2D eigenvalue weighted by Gasteiger charge is -2.37. The summed E-state index contributed by atoms with van der Waals surface area (Å²) in [6.07, 6.45) is 4.13. The van der Waals surface area contributed by atoms with E-state index in [0.29, 0.717) is 49.1 Å². The topological polar surface area (TPSA) is 143 Å². The van der Waals surface area contributed by atoms with Crippen LogP contribution in [0, 0.1) is 0 Å². The summed E-state index contributed by atoms with van der Waals surface area (Å²) in [6.45, 7) is 10.1. The van der Waals surface area contributed by atoms with Crippen molar-refractivity contribution in [2.24, 2.45) is 0 Å². The van der Waals surface area contributed by atoms with Crippen molar-refractivity contribution in [1.29, 1.82) is 0 Å². The monoisotopic (exact) mass is 702 g/mol. The van der Waals surface area contributed by atoms with Crippen LogP contribution in [0.25, 0.3) is 22.1 Å². The molecule has 2 N–H and O–H groups in total. The summed E-state index contributed by atoms with van der Waals surface area (Å²) in [4.78, 5) is 51.5. The maximum absolute atomic E-state index is 11.5. The summed E-state index contributed by atoms with van der Waals surface area (Å²) in [5, 5.41) is 2.47. The molecule has 0 amide bonds. The van der Waals surface area contributed by atoms with Crippen LogP contribution in [0.2, 0.25) is 5.02 Å². The van der Waals surface area contributed by atoms with Gasteiger partial charge < -0.3 is 33.9 Å². The van der Waals surface area contributed by atoms with E-state index in [2.05, 4.69) is 29.7 Å². The lowest BCUT2D eigenvalue weighted by Crippen LogP contribution is -2.46. The number of benzene rings is 1. The first kappa shape index (κ1) is 36.3. The molecule has 1 fully saturated rings. The van der Waals surface area contributed by atoms with E-state index in [1.807, 2.05) is 50.2 Å². The first-order chi connectivity index (χ1) is 24.3. The van der Waals surface area contributed by atoms with Crippen LogP contribution in [-0.2, 0) is 4.79 Å². The second kappa shape index (κ2) is 18.2. The molecule has 0 spiro atoms. The SMILES string of the molecule is CC(C)Oc1ccc(Cl)cc1N1CCN(CCCCOc2ccc3ccc(=O)[nH]c3n2)CC1.O=CCCCOc1ccc2ccc(=O)[nH]c2n1. The Morgan fingerprint density at radius 1 is 0.780 bits per heavy atom. The van der Waals surface area contributed by atoms with Crippen molar-refractivity contribution >= 4 is 45.6 Å². The number of aromatic nitrogens is 4. The fourth-order valence-corrected chi connectivity index (χ4v) is 5.61. The van der Waals surface area contributed by atoms with Crippen LogP contribution >= 0.6 is 11.6 Å². The van der Waals surface area contributed by atoms with Gasteiger partial charge in [0.15, 0.2) is 0 Å². The molecule has 0 radical (unpaired) electrons. The molecule has 6 rings (SSSR count). The number of H-pyrrole nitrogens is 2. The number of aldehydes is 1. The summed E-state index contributed by atoms with van der Waals surface area (Å²) in [7, 11) is 0. The number of piperazine rings is 1. The largest absolute Gasteiger partial charge is 0.489 e. The van der Waals surface area contributed by atoms with Crippen molar-refractivity contribution in [2.75, 3.05) is 50.8 Å². The average Bonchev–Trinajstić information content (AvgIpc) is 3.11. The number of nitrogens with zero attached hydrogens (tertiary/aromatic N) is 4. The van der Waals surface area contributed by atoms with Crippen LogP contribution in [0.4, 0.5) is 5.69 Å². The molecule has 5 aromatic rings. The van der Waals surface area contributed by atoms with Crippen molar-refractivity contribution in [3.05, 3.63) is 92.5 Å². The number of hydrogen-bond donors (Lipinski definition) is 2. The van der Waals surface area contributed by atoms with Crippen molar-refractivity contribution in [1.82, 2.24) is 24.8 Å². The molecule has 0 saturated carbocycles. The number of rotatable bonds is 14. The molecule has 0 unspecified atom stereocenters. The molecule has 0 atom stereocenters. The van der Waals surface area contributed by atoms with E-state index < -0.39 is 0 Å². The van der Waals surface area contributed by atoms with Gasteiger partial charge in [-0.2, -0.15) is 9.97 Å². The predicted molar refractivity (Wildman–Crippen MR) is 196 cm³/mol. The van der Waals surface area contributed by atoms with Gasteiger partial charge in [0, 0.05) is 72.7 Å². The van der Waals surface area contributed by atoms with Crippen LogP contribution in [0.15, 0.2) is 76.3 Å². The van der Waals surface area contributed by atoms with Crippen molar-refractivity contribution in [3.63, 3.8) is 0 Å². The van der Waals surface area contributed by atoms with Crippen LogP contribution in [0.1, 0.15) is 39.5 Å². The molecule has 1 aromatic carbocycles. The fraction of sp³-hybridized carbons (Fsp3) is 0.378. The molecule has 1 saturated heterocycles. The number of halogens is 1. The quantitative estimate of drug-likeness (QED) is 0.111. The van der Waals surface area contributed by atoms with Gasteiger partial charge in [-0.15, -0.1) is 0 Å². The Morgan fingerprint density at radius 2 is 1.36 bits per heavy atom. The molecule has 264 valence electrons. The number of fused-ring (bicyclic) bond motifs is 2. The van der Waals surface area contributed by atoms with Gasteiger partial charge in [0.25, 0.3) is 0 Å². The van der Waals surface area contributed by atoms with E-state index in [-0.39, 0.29) is 17.2 Å². The zero-order chi connectivity index (χ0) is 35.3. The third-order valence-electron chi connectivity index (χ3n) is 7.95. The Hall–Kier alpha value is -4.94. The molecule has 4 aromatic heterocycles. The first-order valence-corrected chi connectivity index (χ1v) is 17.3. The molecule has 13 heteroatoms. The lowest BCUT2D eigenvalue weighted by molar-refractivity contribution is -0.108. The highest BCUT2D eigenvalue weighted by Gasteiger charge is 2.20. The number of aromatic amines is 2. The van der Waals surface area contributed by atoms with Crippen LogP contribution in [0.5, 0.6) is 17.5 Å². The van der Waals surface area contributed by atoms with Gasteiger partial charge in [-0.05, 0) is 82.1 Å². The minimum absolute atomic E-state index is 0.125. The number of carbonyl (C=O) groups excluding carboxylic acids is 1. The second-order valence-corrected chi connectivity index (χ2v) is 12.6. The third-order valence-corrected chi connectivity index (χ3v) is 8.18. The molecule has 1 aliphatic heterocycles. The number of anilines is 1. The third kappa shape index (κ3) is 10.8. The van der Waals surface area contributed by atoms with Crippen molar-refractivity contribution in [3.8, 4) is 17.5 Å². The molecule has 0 bridgehead atoms. The fourth-order valence-electron chi connectivity index (χ4n) is 5.44. The maximum Gasteiger partial charge on any atom is 0.249 e. The Bertz CT molecular complexity index is 1970. The van der Waals surface area contributed by atoms with E-state index in [1.54, 1.807) is 18.2 Å². The van der Waals surface area contributed by atoms with Gasteiger partial charge in [-0.1, -0.05) is 11.6 Å². The zero-order valence-electron chi connectivity index (χ0n) is 28.4. The maximum atomic E-state index is 11.5. The number of unbranched alkanes of at least 4 members (excludes halogenated alkanes) is 2.